The minimum absolute atomic E-state index is 0.0857. The van der Waals surface area contributed by atoms with E-state index < -0.39 is 0 Å². The van der Waals surface area contributed by atoms with Crippen molar-refractivity contribution in [1.82, 2.24) is 4.90 Å². The summed E-state index contributed by atoms with van der Waals surface area (Å²) in [4.78, 5) is 38.2. The molecule has 2 aliphatic rings. The van der Waals surface area contributed by atoms with Crippen LogP contribution in [0, 0.1) is 0 Å². The van der Waals surface area contributed by atoms with E-state index in [9.17, 15) is 14.4 Å². The maximum Gasteiger partial charge on any atom is 0.308 e. The third-order valence-corrected chi connectivity index (χ3v) is 5.39. The Morgan fingerprint density at radius 1 is 1.31 bits per heavy atom. The van der Waals surface area contributed by atoms with E-state index in [1.165, 1.54) is 7.11 Å². The molecular formula is C21H28N2O6. The van der Waals surface area contributed by atoms with Crippen LogP contribution in [0.1, 0.15) is 49.4 Å². The van der Waals surface area contributed by atoms with Crippen LogP contribution in [0.25, 0.3) is 0 Å². The van der Waals surface area contributed by atoms with Crippen molar-refractivity contribution in [3.8, 4) is 5.75 Å². The van der Waals surface area contributed by atoms with Gasteiger partial charge in [0.1, 0.15) is 18.5 Å². The number of hydrogen-bond acceptors (Lipinski definition) is 6. The van der Waals surface area contributed by atoms with Crippen molar-refractivity contribution in [2.45, 2.75) is 57.3 Å². The Kier molecular flexibility index (Phi) is 6.74. The molecule has 0 unspecified atom stereocenters. The molecule has 1 N–H and O–H groups in total. The molecule has 0 radical (unpaired) electrons. The maximum atomic E-state index is 13.1. The van der Waals surface area contributed by atoms with Crippen LogP contribution in [-0.2, 0) is 19.1 Å². The lowest BCUT2D eigenvalue weighted by atomic mass is 9.94. The predicted octanol–water partition coefficient (Wildman–Crippen LogP) is 2.37. The Labute approximate surface area is 170 Å². The summed E-state index contributed by atoms with van der Waals surface area (Å²) in [5.41, 5.74) is 0.986. The number of amides is 2. The molecule has 2 aliphatic heterocycles. The molecule has 0 aliphatic carbocycles. The summed E-state index contributed by atoms with van der Waals surface area (Å²) in [6, 6.07) is 4.92. The summed E-state index contributed by atoms with van der Waals surface area (Å²) in [6.07, 6.45) is 2.16. The third-order valence-electron chi connectivity index (χ3n) is 5.39. The van der Waals surface area contributed by atoms with Crippen molar-refractivity contribution in [1.29, 1.82) is 0 Å². The van der Waals surface area contributed by atoms with E-state index in [-0.39, 0.29) is 49.1 Å². The second-order valence-corrected chi connectivity index (χ2v) is 7.46. The van der Waals surface area contributed by atoms with Crippen LogP contribution in [0.5, 0.6) is 5.75 Å². The molecule has 0 aromatic heterocycles. The monoisotopic (exact) mass is 404 g/mol. The van der Waals surface area contributed by atoms with Crippen LogP contribution < -0.4 is 10.1 Å². The van der Waals surface area contributed by atoms with Crippen LogP contribution in [0.2, 0.25) is 0 Å². The fraction of sp³-hybridized carbons (Fsp3) is 0.571. The van der Waals surface area contributed by atoms with Crippen molar-refractivity contribution in [2.24, 2.45) is 0 Å². The molecule has 158 valence electrons. The van der Waals surface area contributed by atoms with E-state index in [1.54, 1.807) is 30.1 Å². The van der Waals surface area contributed by atoms with Crippen LogP contribution in [-0.4, -0.2) is 61.7 Å². The number of nitrogens with one attached hydrogen (secondary N) is 1. The highest BCUT2D eigenvalue weighted by Gasteiger charge is 2.39. The van der Waals surface area contributed by atoms with Crippen LogP contribution >= 0.6 is 0 Å². The number of hydrogen-bond donors (Lipinski definition) is 1. The smallest absolute Gasteiger partial charge is 0.308 e. The second kappa shape index (κ2) is 9.26. The largest absolute Gasteiger partial charge is 0.490 e. The zero-order valence-electron chi connectivity index (χ0n) is 17.1. The maximum absolute atomic E-state index is 13.1. The zero-order valence-corrected chi connectivity index (χ0v) is 17.1. The number of ether oxygens (including phenoxy) is 3. The van der Waals surface area contributed by atoms with Crippen molar-refractivity contribution in [3.05, 3.63) is 23.8 Å². The van der Waals surface area contributed by atoms with Gasteiger partial charge in [-0.05, 0) is 37.5 Å². The molecule has 3 rings (SSSR count). The molecule has 3 atom stereocenters. The molecule has 0 bridgehead atoms. The van der Waals surface area contributed by atoms with E-state index in [4.69, 9.17) is 14.2 Å². The first-order chi connectivity index (χ1) is 13.9. The van der Waals surface area contributed by atoms with Gasteiger partial charge in [0.25, 0.3) is 5.91 Å². The summed E-state index contributed by atoms with van der Waals surface area (Å²) >= 11 is 0. The van der Waals surface area contributed by atoms with Crippen LogP contribution in [0.3, 0.4) is 0 Å². The Balaban J connectivity index is 1.77. The highest BCUT2D eigenvalue weighted by Crippen LogP contribution is 2.32. The van der Waals surface area contributed by atoms with Gasteiger partial charge < -0.3 is 24.4 Å². The molecule has 0 spiro atoms. The molecule has 1 aromatic carbocycles. The van der Waals surface area contributed by atoms with Crippen molar-refractivity contribution in [3.63, 3.8) is 0 Å². The second-order valence-electron chi connectivity index (χ2n) is 7.46. The summed E-state index contributed by atoms with van der Waals surface area (Å²) in [7, 11) is 3.11. The highest BCUT2D eigenvalue weighted by molar-refractivity contribution is 5.99. The van der Waals surface area contributed by atoms with E-state index in [2.05, 4.69) is 5.32 Å². The van der Waals surface area contributed by atoms with Gasteiger partial charge in [0.15, 0.2) is 0 Å². The molecule has 8 nitrogen and oxygen atoms in total. The fourth-order valence-electron chi connectivity index (χ4n) is 3.83. The predicted molar refractivity (Wildman–Crippen MR) is 106 cm³/mol. The third kappa shape index (κ3) is 4.87. The van der Waals surface area contributed by atoms with Crippen LogP contribution in [0.4, 0.5) is 5.69 Å². The number of benzene rings is 1. The number of methoxy groups -OCH3 is 1. The van der Waals surface area contributed by atoms with Gasteiger partial charge in [-0.25, -0.2) is 0 Å². The average molecular weight is 404 g/mol. The SMILES string of the molecule is CCCC(=O)Nc1ccc2c(c1)C(=O)N(C)[C@@H]1CC[C@@H](CC(=O)OC)O[C@@H]1CO2. The quantitative estimate of drug-likeness (QED) is 0.758. The molecule has 1 saturated heterocycles. The Hall–Kier alpha value is -2.61. The van der Waals surface area contributed by atoms with Crippen molar-refractivity contribution in [2.75, 3.05) is 26.1 Å². The van der Waals surface area contributed by atoms with Crippen molar-refractivity contribution >= 4 is 23.5 Å². The zero-order chi connectivity index (χ0) is 21.0. The number of esters is 1. The number of nitrogens with zero attached hydrogens (tertiary/aromatic N) is 1. The van der Waals surface area contributed by atoms with E-state index in [0.717, 1.165) is 6.42 Å². The van der Waals surface area contributed by atoms with Gasteiger partial charge in [0.2, 0.25) is 5.91 Å². The Morgan fingerprint density at radius 2 is 2.10 bits per heavy atom. The van der Waals surface area contributed by atoms with Gasteiger partial charge in [-0.1, -0.05) is 6.92 Å². The minimum Gasteiger partial charge on any atom is -0.490 e. The highest BCUT2D eigenvalue weighted by atomic mass is 16.5. The Morgan fingerprint density at radius 3 is 2.83 bits per heavy atom. The first kappa shape index (κ1) is 21.1. The van der Waals surface area contributed by atoms with E-state index in [0.29, 0.717) is 36.3 Å². The minimum atomic E-state index is -0.329. The molecule has 2 heterocycles. The van der Waals surface area contributed by atoms with Gasteiger partial charge in [0, 0.05) is 19.2 Å². The summed E-state index contributed by atoms with van der Waals surface area (Å²) in [5.74, 6) is -0.131. The number of carbonyl (C=O) groups is 3. The topological polar surface area (TPSA) is 94.2 Å². The molecule has 1 fully saturated rings. The van der Waals surface area contributed by atoms with Crippen LogP contribution in [0.15, 0.2) is 18.2 Å². The molecule has 0 saturated carbocycles. The number of rotatable bonds is 5. The molecular weight excluding hydrogens is 376 g/mol. The normalized spacial score (nSPS) is 23.8. The first-order valence-electron chi connectivity index (χ1n) is 9.99. The number of carbonyl (C=O) groups excluding carboxylic acids is 3. The van der Waals surface area contributed by atoms with Crippen molar-refractivity contribution < 1.29 is 28.6 Å². The molecule has 1 aromatic rings. The lowest BCUT2D eigenvalue weighted by Gasteiger charge is -2.42. The van der Waals surface area contributed by atoms with Gasteiger partial charge in [-0.2, -0.15) is 0 Å². The molecule has 2 amide bonds. The molecule has 29 heavy (non-hydrogen) atoms. The summed E-state index contributed by atoms with van der Waals surface area (Å²) in [5, 5.41) is 2.82. The number of anilines is 1. The van der Waals surface area contributed by atoms with Gasteiger partial charge in [-0.15, -0.1) is 0 Å². The summed E-state index contributed by atoms with van der Waals surface area (Å²) in [6.45, 7) is 2.21. The fourth-order valence-corrected chi connectivity index (χ4v) is 3.83. The summed E-state index contributed by atoms with van der Waals surface area (Å²) < 4.78 is 16.7. The number of fused-ring (bicyclic) bond motifs is 2. The van der Waals surface area contributed by atoms with Gasteiger partial charge in [0.05, 0.1) is 31.2 Å². The first-order valence-corrected chi connectivity index (χ1v) is 9.99. The average Bonchev–Trinajstić information content (AvgIpc) is 2.71. The number of likely N-dealkylation sites (N-methyl/N-ethyl adjacent to an activating group) is 1. The lowest BCUT2D eigenvalue weighted by molar-refractivity contribution is -0.151. The standard InChI is InChI=1S/C21H28N2O6/c1-4-5-19(24)22-13-6-9-17-15(10-13)21(26)23(2)16-8-7-14(11-20(25)27-3)29-18(16)12-28-17/h6,9-10,14,16,18H,4-5,7-8,11-12H2,1-3H3,(H,22,24)/t14-,16+,18+/m0/s1. The Bertz CT molecular complexity index is 780. The van der Waals surface area contributed by atoms with E-state index in [1.807, 2.05) is 6.92 Å². The lowest BCUT2D eigenvalue weighted by Crippen LogP contribution is -2.53. The molecule has 8 heteroatoms. The van der Waals surface area contributed by atoms with Gasteiger partial charge >= 0.3 is 5.97 Å². The van der Waals surface area contributed by atoms with E-state index >= 15 is 0 Å². The van der Waals surface area contributed by atoms with Gasteiger partial charge in [-0.3, -0.25) is 14.4 Å².